The molecular formula is C18H19N. The highest BCUT2D eigenvalue weighted by Crippen LogP contribution is 2.30. The van der Waals surface area contributed by atoms with Gasteiger partial charge in [-0.05, 0) is 30.0 Å². The van der Waals surface area contributed by atoms with Crippen molar-refractivity contribution in [2.45, 2.75) is 26.2 Å². The molecule has 0 amide bonds. The molecule has 1 aromatic heterocycles. The van der Waals surface area contributed by atoms with E-state index in [0.717, 1.165) is 0 Å². The van der Waals surface area contributed by atoms with Gasteiger partial charge in [-0.25, -0.2) is 0 Å². The van der Waals surface area contributed by atoms with Crippen LogP contribution in [0.3, 0.4) is 0 Å². The molecule has 0 atom stereocenters. The third-order valence-electron chi connectivity index (χ3n) is 3.70. The Labute approximate surface area is 114 Å². The molecule has 0 fully saturated rings. The molecule has 0 radical (unpaired) electrons. The maximum Gasteiger partial charge on any atom is 0.0536 e. The Morgan fingerprint density at radius 2 is 1.79 bits per heavy atom. The first-order chi connectivity index (χ1) is 9.40. The number of aromatic nitrogens is 1. The Balaban J connectivity index is 2.11. The van der Waals surface area contributed by atoms with Crippen LogP contribution in [0.5, 0.6) is 0 Å². The van der Waals surface area contributed by atoms with Crippen LogP contribution in [-0.2, 0) is 6.42 Å². The third kappa shape index (κ3) is 2.28. The lowest BCUT2D eigenvalue weighted by Crippen LogP contribution is -1.88. The maximum absolute atomic E-state index is 3.40. The number of H-pyrrole nitrogens is 1. The van der Waals surface area contributed by atoms with Crippen molar-refractivity contribution in [2.75, 3.05) is 0 Å². The molecule has 0 aliphatic rings. The lowest BCUT2D eigenvalue weighted by molar-refractivity contribution is 0.799. The molecule has 0 unspecified atom stereocenters. The largest absolute Gasteiger partial charge is 0.361 e. The molecule has 0 aliphatic carbocycles. The molecule has 0 saturated heterocycles. The van der Waals surface area contributed by atoms with Crippen LogP contribution in [0.1, 0.15) is 25.3 Å². The minimum Gasteiger partial charge on any atom is -0.361 e. The molecular weight excluding hydrogens is 230 g/mol. The molecule has 0 spiro atoms. The van der Waals surface area contributed by atoms with Gasteiger partial charge in [0.15, 0.2) is 0 Å². The van der Waals surface area contributed by atoms with Gasteiger partial charge in [-0.1, -0.05) is 55.8 Å². The lowest BCUT2D eigenvalue weighted by Gasteiger charge is -2.08. The molecule has 3 aromatic rings. The van der Waals surface area contributed by atoms with E-state index in [4.69, 9.17) is 0 Å². The molecule has 1 heterocycles. The zero-order chi connectivity index (χ0) is 13.1. The Bertz CT molecular complexity index is 664. The van der Waals surface area contributed by atoms with Crippen LogP contribution in [-0.4, -0.2) is 4.98 Å². The lowest BCUT2D eigenvalue weighted by atomic mass is 9.97. The normalized spacial score (nSPS) is 11.0. The predicted molar refractivity (Wildman–Crippen MR) is 82.3 cm³/mol. The topological polar surface area (TPSA) is 15.8 Å². The standard InChI is InChI=1S/C18H19N/c1-2-3-7-15-10-11-16(14-8-5-4-6-9-14)18-17(15)12-13-19-18/h4-6,8-13,19H,2-3,7H2,1H3. The fourth-order valence-corrected chi connectivity index (χ4v) is 2.66. The van der Waals surface area contributed by atoms with Crippen molar-refractivity contribution in [3.63, 3.8) is 0 Å². The van der Waals surface area contributed by atoms with E-state index in [1.807, 2.05) is 6.20 Å². The second-order valence-corrected chi connectivity index (χ2v) is 5.01. The summed E-state index contributed by atoms with van der Waals surface area (Å²) in [7, 11) is 0. The number of hydrogen-bond donors (Lipinski definition) is 1. The summed E-state index contributed by atoms with van der Waals surface area (Å²) >= 11 is 0. The highest BCUT2D eigenvalue weighted by atomic mass is 14.7. The van der Waals surface area contributed by atoms with Gasteiger partial charge in [0.1, 0.15) is 0 Å². The number of aryl methyl sites for hydroxylation is 1. The minimum atomic E-state index is 1.17. The fourth-order valence-electron chi connectivity index (χ4n) is 2.66. The maximum atomic E-state index is 3.40. The summed E-state index contributed by atoms with van der Waals surface area (Å²) in [5.74, 6) is 0. The van der Waals surface area contributed by atoms with Gasteiger partial charge in [-0.2, -0.15) is 0 Å². The van der Waals surface area contributed by atoms with Crippen molar-refractivity contribution in [3.8, 4) is 11.1 Å². The Hall–Kier alpha value is -2.02. The van der Waals surface area contributed by atoms with Gasteiger partial charge in [0.05, 0.1) is 5.52 Å². The van der Waals surface area contributed by atoms with Crippen LogP contribution in [0.15, 0.2) is 54.7 Å². The number of benzene rings is 2. The molecule has 3 rings (SSSR count). The molecule has 1 heteroatoms. The highest BCUT2D eigenvalue weighted by molar-refractivity contribution is 5.96. The summed E-state index contributed by atoms with van der Waals surface area (Å²) in [5.41, 5.74) is 5.29. The number of nitrogens with one attached hydrogen (secondary N) is 1. The molecule has 1 N–H and O–H groups in total. The predicted octanol–water partition coefficient (Wildman–Crippen LogP) is 5.18. The summed E-state index contributed by atoms with van der Waals surface area (Å²) in [6.45, 7) is 2.24. The van der Waals surface area contributed by atoms with Gasteiger partial charge in [0.2, 0.25) is 0 Å². The monoisotopic (exact) mass is 249 g/mol. The number of fused-ring (bicyclic) bond motifs is 1. The van der Waals surface area contributed by atoms with Gasteiger partial charge in [-0.3, -0.25) is 0 Å². The van der Waals surface area contributed by atoms with Crippen molar-refractivity contribution in [3.05, 3.63) is 60.3 Å². The number of hydrogen-bond acceptors (Lipinski definition) is 0. The molecule has 1 nitrogen and oxygen atoms in total. The molecule has 96 valence electrons. The van der Waals surface area contributed by atoms with Crippen LogP contribution in [0.4, 0.5) is 0 Å². The quantitative estimate of drug-likeness (QED) is 0.656. The van der Waals surface area contributed by atoms with Crippen LogP contribution in [0.2, 0.25) is 0 Å². The van der Waals surface area contributed by atoms with Crippen LogP contribution in [0.25, 0.3) is 22.0 Å². The number of rotatable bonds is 4. The summed E-state index contributed by atoms with van der Waals surface area (Å²) in [5, 5.41) is 1.37. The van der Waals surface area contributed by atoms with Gasteiger partial charge < -0.3 is 4.98 Å². The van der Waals surface area contributed by atoms with Crippen molar-refractivity contribution in [2.24, 2.45) is 0 Å². The zero-order valence-corrected chi connectivity index (χ0v) is 11.3. The first-order valence-corrected chi connectivity index (χ1v) is 7.04. The summed E-state index contributed by atoms with van der Waals surface area (Å²) in [6.07, 6.45) is 5.71. The van der Waals surface area contributed by atoms with Crippen LogP contribution in [0, 0.1) is 0 Å². The summed E-state index contributed by atoms with van der Waals surface area (Å²) in [6, 6.07) is 17.3. The zero-order valence-electron chi connectivity index (χ0n) is 11.3. The number of aromatic amines is 1. The van der Waals surface area contributed by atoms with Gasteiger partial charge in [0, 0.05) is 17.1 Å². The number of unbranched alkanes of at least 4 members (excludes halogenated alkanes) is 1. The van der Waals surface area contributed by atoms with Gasteiger partial charge >= 0.3 is 0 Å². The smallest absolute Gasteiger partial charge is 0.0536 e. The van der Waals surface area contributed by atoms with Crippen molar-refractivity contribution in [1.82, 2.24) is 4.98 Å². The molecule has 2 aromatic carbocycles. The Morgan fingerprint density at radius 1 is 0.947 bits per heavy atom. The Morgan fingerprint density at radius 3 is 2.58 bits per heavy atom. The van der Waals surface area contributed by atoms with E-state index < -0.39 is 0 Å². The SMILES string of the molecule is CCCCc1ccc(-c2ccccc2)c2[nH]ccc12. The Kier molecular flexibility index (Phi) is 3.37. The van der Waals surface area contributed by atoms with Crippen molar-refractivity contribution < 1.29 is 0 Å². The third-order valence-corrected chi connectivity index (χ3v) is 3.70. The molecule has 19 heavy (non-hydrogen) atoms. The van der Waals surface area contributed by atoms with E-state index in [1.54, 1.807) is 0 Å². The van der Waals surface area contributed by atoms with Crippen LogP contribution >= 0.6 is 0 Å². The van der Waals surface area contributed by atoms with E-state index >= 15 is 0 Å². The van der Waals surface area contributed by atoms with Gasteiger partial charge in [-0.15, -0.1) is 0 Å². The average molecular weight is 249 g/mol. The average Bonchev–Trinajstić information content (AvgIpc) is 2.95. The molecule has 0 aliphatic heterocycles. The van der Waals surface area contributed by atoms with E-state index in [9.17, 15) is 0 Å². The van der Waals surface area contributed by atoms with E-state index in [0.29, 0.717) is 0 Å². The highest BCUT2D eigenvalue weighted by Gasteiger charge is 2.08. The van der Waals surface area contributed by atoms with Crippen LogP contribution < -0.4 is 0 Å². The molecule has 0 saturated carbocycles. The molecule has 0 bridgehead atoms. The van der Waals surface area contributed by atoms with Crippen molar-refractivity contribution in [1.29, 1.82) is 0 Å². The van der Waals surface area contributed by atoms with E-state index in [-0.39, 0.29) is 0 Å². The first kappa shape index (κ1) is 12.0. The van der Waals surface area contributed by atoms with Crippen molar-refractivity contribution >= 4 is 10.9 Å². The van der Waals surface area contributed by atoms with E-state index in [1.165, 1.54) is 46.9 Å². The first-order valence-electron chi connectivity index (χ1n) is 7.04. The van der Waals surface area contributed by atoms with Gasteiger partial charge in [0.25, 0.3) is 0 Å². The van der Waals surface area contributed by atoms with E-state index in [2.05, 4.69) is 60.4 Å². The second kappa shape index (κ2) is 5.31. The summed E-state index contributed by atoms with van der Waals surface area (Å²) < 4.78 is 0. The minimum absolute atomic E-state index is 1.17. The summed E-state index contributed by atoms with van der Waals surface area (Å²) in [4.78, 5) is 3.40. The second-order valence-electron chi connectivity index (χ2n) is 5.01. The fraction of sp³-hybridized carbons (Fsp3) is 0.222.